The Morgan fingerprint density at radius 3 is 2.29 bits per heavy atom. The highest BCUT2D eigenvalue weighted by atomic mass is 16.5. The van der Waals surface area contributed by atoms with Crippen LogP contribution < -0.4 is 4.74 Å². The van der Waals surface area contributed by atoms with Crippen molar-refractivity contribution in [3.8, 4) is 11.8 Å². The second-order valence-electron chi connectivity index (χ2n) is 5.52. The fourth-order valence-corrected chi connectivity index (χ4v) is 2.43. The van der Waals surface area contributed by atoms with E-state index < -0.39 is 0 Å². The van der Waals surface area contributed by atoms with Crippen LogP contribution in [0.5, 0.6) is 5.75 Å². The normalized spacial score (nSPS) is 11.7. The summed E-state index contributed by atoms with van der Waals surface area (Å²) in [6.45, 7) is 3.13. The summed E-state index contributed by atoms with van der Waals surface area (Å²) in [6, 6.07) is 17.5. The first-order chi connectivity index (χ1) is 11.7. The fraction of sp³-hybridized carbons (Fsp3) is 0.350. The van der Waals surface area contributed by atoms with Gasteiger partial charge in [0.25, 0.3) is 0 Å². The molecule has 1 unspecified atom stereocenters. The SMILES string of the molecule is CCOC(CO)Cc1ccc(OCCc2ccc(C#N)cc2)cc1. The first-order valence-corrected chi connectivity index (χ1v) is 8.18. The second-order valence-corrected chi connectivity index (χ2v) is 5.52. The van der Waals surface area contributed by atoms with Crippen molar-refractivity contribution < 1.29 is 14.6 Å². The quantitative estimate of drug-likeness (QED) is 0.769. The number of hydrogen-bond donors (Lipinski definition) is 1. The Morgan fingerprint density at radius 2 is 1.71 bits per heavy atom. The predicted molar refractivity (Wildman–Crippen MR) is 93.0 cm³/mol. The van der Waals surface area contributed by atoms with Crippen LogP contribution in [-0.2, 0) is 17.6 Å². The molecule has 4 nitrogen and oxygen atoms in total. The van der Waals surface area contributed by atoms with Gasteiger partial charge >= 0.3 is 0 Å². The van der Waals surface area contributed by atoms with E-state index in [-0.39, 0.29) is 12.7 Å². The van der Waals surface area contributed by atoms with Crippen molar-refractivity contribution >= 4 is 0 Å². The Bertz CT molecular complexity index is 644. The minimum Gasteiger partial charge on any atom is -0.493 e. The molecule has 0 saturated heterocycles. The number of nitriles is 1. The highest BCUT2D eigenvalue weighted by Gasteiger charge is 2.08. The van der Waals surface area contributed by atoms with E-state index in [0.29, 0.717) is 25.2 Å². The zero-order valence-corrected chi connectivity index (χ0v) is 13.9. The summed E-state index contributed by atoms with van der Waals surface area (Å²) in [7, 11) is 0. The average molecular weight is 325 g/mol. The molecule has 0 aliphatic rings. The van der Waals surface area contributed by atoms with Crippen molar-refractivity contribution in [3.63, 3.8) is 0 Å². The summed E-state index contributed by atoms with van der Waals surface area (Å²) in [5, 5.41) is 18.0. The third-order valence-electron chi connectivity index (χ3n) is 3.74. The van der Waals surface area contributed by atoms with Gasteiger partial charge in [-0.3, -0.25) is 0 Å². The van der Waals surface area contributed by atoms with Gasteiger partial charge in [0.1, 0.15) is 5.75 Å². The van der Waals surface area contributed by atoms with E-state index in [1.807, 2.05) is 55.5 Å². The summed E-state index contributed by atoms with van der Waals surface area (Å²) in [5.41, 5.74) is 2.93. The molecule has 0 saturated carbocycles. The summed E-state index contributed by atoms with van der Waals surface area (Å²) in [4.78, 5) is 0. The van der Waals surface area contributed by atoms with Crippen LogP contribution in [0.2, 0.25) is 0 Å². The third-order valence-corrected chi connectivity index (χ3v) is 3.74. The molecule has 2 rings (SSSR count). The van der Waals surface area contributed by atoms with Gasteiger partial charge < -0.3 is 14.6 Å². The van der Waals surface area contributed by atoms with Gasteiger partial charge in [-0.15, -0.1) is 0 Å². The molecule has 24 heavy (non-hydrogen) atoms. The van der Waals surface area contributed by atoms with Crippen LogP contribution in [0.3, 0.4) is 0 Å². The average Bonchev–Trinajstić information content (AvgIpc) is 2.63. The summed E-state index contributed by atoms with van der Waals surface area (Å²) in [5.74, 6) is 0.823. The second kappa shape index (κ2) is 9.71. The van der Waals surface area contributed by atoms with E-state index in [2.05, 4.69) is 6.07 Å². The molecule has 0 amide bonds. The Hall–Kier alpha value is -2.35. The third kappa shape index (κ3) is 5.69. The maximum Gasteiger partial charge on any atom is 0.119 e. The van der Waals surface area contributed by atoms with Crippen LogP contribution in [0.1, 0.15) is 23.6 Å². The summed E-state index contributed by atoms with van der Waals surface area (Å²) in [6.07, 6.45) is 1.33. The lowest BCUT2D eigenvalue weighted by molar-refractivity contribution is 0.0207. The molecular weight excluding hydrogens is 302 g/mol. The molecule has 0 bridgehead atoms. The molecule has 0 heterocycles. The van der Waals surface area contributed by atoms with Crippen LogP contribution in [0.15, 0.2) is 48.5 Å². The highest BCUT2D eigenvalue weighted by molar-refractivity contribution is 5.32. The van der Waals surface area contributed by atoms with Gasteiger partial charge in [-0.25, -0.2) is 0 Å². The van der Waals surface area contributed by atoms with E-state index in [9.17, 15) is 5.11 Å². The van der Waals surface area contributed by atoms with Crippen LogP contribution in [0.4, 0.5) is 0 Å². The molecule has 0 aliphatic carbocycles. The van der Waals surface area contributed by atoms with Gasteiger partial charge in [0, 0.05) is 19.4 Å². The molecule has 126 valence electrons. The molecular formula is C20H23NO3. The molecule has 0 spiro atoms. The summed E-state index contributed by atoms with van der Waals surface area (Å²) < 4.78 is 11.2. The minimum atomic E-state index is -0.154. The van der Waals surface area contributed by atoms with E-state index in [0.717, 1.165) is 23.3 Å². The number of benzene rings is 2. The molecule has 4 heteroatoms. The molecule has 1 atom stereocenters. The Labute approximate surface area is 143 Å². The van der Waals surface area contributed by atoms with Gasteiger partial charge in [-0.2, -0.15) is 5.26 Å². The van der Waals surface area contributed by atoms with E-state index >= 15 is 0 Å². The van der Waals surface area contributed by atoms with Gasteiger partial charge in [0.15, 0.2) is 0 Å². The van der Waals surface area contributed by atoms with E-state index in [4.69, 9.17) is 14.7 Å². The van der Waals surface area contributed by atoms with Crippen LogP contribution in [0, 0.1) is 11.3 Å². The van der Waals surface area contributed by atoms with Gasteiger partial charge in [-0.05, 0) is 42.3 Å². The number of nitrogens with zero attached hydrogens (tertiary/aromatic N) is 1. The molecule has 2 aromatic rings. The topological polar surface area (TPSA) is 62.5 Å². The number of aliphatic hydroxyl groups is 1. The Balaban J connectivity index is 1.79. The van der Waals surface area contributed by atoms with Crippen molar-refractivity contribution in [2.75, 3.05) is 19.8 Å². The molecule has 0 aromatic heterocycles. The van der Waals surface area contributed by atoms with Crippen molar-refractivity contribution in [2.45, 2.75) is 25.9 Å². The summed E-state index contributed by atoms with van der Waals surface area (Å²) >= 11 is 0. The van der Waals surface area contributed by atoms with Crippen molar-refractivity contribution in [3.05, 3.63) is 65.2 Å². The standard InChI is InChI=1S/C20H23NO3/c1-2-23-20(15-22)13-17-7-9-19(10-8-17)24-12-11-16-3-5-18(14-21)6-4-16/h3-10,20,22H,2,11-13,15H2,1H3. The number of rotatable bonds is 9. The fourth-order valence-electron chi connectivity index (χ4n) is 2.43. The zero-order valence-electron chi connectivity index (χ0n) is 13.9. The van der Waals surface area contributed by atoms with Gasteiger partial charge in [0.2, 0.25) is 0 Å². The van der Waals surface area contributed by atoms with Gasteiger partial charge in [0.05, 0.1) is 31.0 Å². The number of hydrogen-bond acceptors (Lipinski definition) is 4. The molecule has 0 radical (unpaired) electrons. The lowest BCUT2D eigenvalue weighted by Crippen LogP contribution is -2.20. The smallest absolute Gasteiger partial charge is 0.119 e. The molecule has 1 N–H and O–H groups in total. The first-order valence-electron chi connectivity index (χ1n) is 8.18. The Morgan fingerprint density at radius 1 is 1.04 bits per heavy atom. The largest absolute Gasteiger partial charge is 0.493 e. The zero-order chi connectivity index (χ0) is 17.2. The lowest BCUT2D eigenvalue weighted by Gasteiger charge is -2.14. The van der Waals surface area contributed by atoms with Crippen LogP contribution in [0.25, 0.3) is 0 Å². The Kier molecular flexibility index (Phi) is 7.28. The van der Waals surface area contributed by atoms with Crippen molar-refractivity contribution in [2.24, 2.45) is 0 Å². The lowest BCUT2D eigenvalue weighted by atomic mass is 10.1. The van der Waals surface area contributed by atoms with E-state index in [1.165, 1.54) is 0 Å². The van der Waals surface area contributed by atoms with E-state index in [1.54, 1.807) is 0 Å². The molecule has 2 aromatic carbocycles. The first kappa shape index (κ1) is 18.0. The number of ether oxygens (including phenoxy) is 2. The maximum atomic E-state index is 9.26. The number of aliphatic hydroxyl groups excluding tert-OH is 1. The maximum absolute atomic E-state index is 9.26. The van der Waals surface area contributed by atoms with Gasteiger partial charge in [-0.1, -0.05) is 24.3 Å². The minimum absolute atomic E-state index is 0.0245. The highest BCUT2D eigenvalue weighted by Crippen LogP contribution is 2.15. The van der Waals surface area contributed by atoms with Crippen molar-refractivity contribution in [1.82, 2.24) is 0 Å². The molecule has 0 fully saturated rings. The van der Waals surface area contributed by atoms with Crippen LogP contribution >= 0.6 is 0 Å². The predicted octanol–water partition coefficient (Wildman–Crippen LogP) is 3.12. The monoisotopic (exact) mass is 325 g/mol. The van der Waals surface area contributed by atoms with Crippen molar-refractivity contribution in [1.29, 1.82) is 5.26 Å². The molecule has 0 aliphatic heterocycles. The van der Waals surface area contributed by atoms with Crippen LogP contribution in [-0.4, -0.2) is 31.0 Å².